The number of sulfone groups is 1. The molecule has 1 aliphatic heterocycles. The topological polar surface area (TPSA) is 118 Å². The highest BCUT2D eigenvalue weighted by molar-refractivity contribution is 8.03. The van der Waals surface area contributed by atoms with Crippen LogP contribution in [0.15, 0.2) is 22.1 Å². The van der Waals surface area contributed by atoms with E-state index in [9.17, 15) is 21.4 Å². The third-order valence-corrected chi connectivity index (χ3v) is 5.77. The summed E-state index contributed by atoms with van der Waals surface area (Å²) in [6.45, 7) is 1.35. The summed E-state index contributed by atoms with van der Waals surface area (Å²) in [5.74, 6) is 0.458. The molecule has 1 aliphatic rings. The minimum absolute atomic E-state index is 0.295. The van der Waals surface area contributed by atoms with Crippen molar-refractivity contribution in [2.24, 2.45) is 0 Å². The summed E-state index contributed by atoms with van der Waals surface area (Å²) in [5, 5.41) is 9.65. The van der Waals surface area contributed by atoms with Gasteiger partial charge in [0.1, 0.15) is 11.0 Å². The van der Waals surface area contributed by atoms with E-state index in [2.05, 4.69) is 0 Å². The Hall–Kier alpha value is -1.02. The van der Waals surface area contributed by atoms with Crippen LogP contribution >= 0.6 is 11.8 Å². The molecule has 0 atom stereocenters. The molecular formula is C12H17N2O5S3-. The van der Waals surface area contributed by atoms with E-state index in [1.807, 2.05) is 4.90 Å². The fourth-order valence-corrected chi connectivity index (χ4v) is 3.90. The van der Waals surface area contributed by atoms with Gasteiger partial charge in [0, 0.05) is 30.9 Å². The van der Waals surface area contributed by atoms with Gasteiger partial charge in [0.25, 0.3) is 0 Å². The molecule has 0 aromatic rings. The van der Waals surface area contributed by atoms with Crippen LogP contribution in [0.1, 0.15) is 12.8 Å². The van der Waals surface area contributed by atoms with E-state index in [0.717, 1.165) is 23.6 Å². The first-order valence-corrected chi connectivity index (χ1v) is 10.9. The van der Waals surface area contributed by atoms with Gasteiger partial charge in [-0.05, 0) is 25.0 Å². The zero-order valence-corrected chi connectivity index (χ0v) is 14.5. The second kappa shape index (κ2) is 8.01. The normalized spacial score (nSPS) is 18.7. The molecule has 1 heterocycles. The minimum Gasteiger partial charge on any atom is -0.748 e. The first-order valence-electron chi connectivity index (χ1n) is 6.47. The van der Waals surface area contributed by atoms with Crippen LogP contribution in [0.5, 0.6) is 0 Å². The number of hydrogen-bond acceptors (Lipinski definition) is 8. The summed E-state index contributed by atoms with van der Waals surface area (Å²) in [5.41, 5.74) is 0. The highest BCUT2D eigenvalue weighted by Gasteiger charge is 2.17. The fraction of sp³-hybridized carbons (Fsp3) is 0.583. The fourth-order valence-electron chi connectivity index (χ4n) is 1.81. The summed E-state index contributed by atoms with van der Waals surface area (Å²) >= 11 is 1.54. The van der Waals surface area contributed by atoms with Gasteiger partial charge in [0.05, 0.1) is 15.1 Å². The molecule has 0 spiro atoms. The Morgan fingerprint density at radius 1 is 1.41 bits per heavy atom. The predicted molar refractivity (Wildman–Crippen MR) is 84.5 cm³/mol. The number of nitrogens with zero attached hydrogens (tertiary/aromatic N) is 2. The van der Waals surface area contributed by atoms with E-state index in [4.69, 9.17) is 5.26 Å². The maximum atomic E-state index is 11.3. The van der Waals surface area contributed by atoms with Gasteiger partial charge < -0.3 is 9.45 Å². The molecule has 1 fully saturated rings. The standard InChI is InChI=1S/C12H18N2O5S3/c1-21(15,16)11(10-13)4-5-12-14(7-8-20-12)6-2-3-9-22(17,18)19/h4-5H,2-3,6-9H2,1H3,(H,17,18,19)/p-1/b11-4-,12-5+. The van der Waals surface area contributed by atoms with Gasteiger partial charge in [-0.2, -0.15) is 5.26 Å². The Morgan fingerprint density at radius 3 is 2.64 bits per heavy atom. The number of thioether (sulfide) groups is 1. The number of rotatable bonds is 7. The largest absolute Gasteiger partial charge is 0.748 e. The Bertz CT molecular complexity index is 702. The molecule has 0 bridgehead atoms. The average Bonchev–Trinajstić information content (AvgIpc) is 2.80. The van der Waals surface area contributed by atoms with Crippen LogP contribution in [0.2, 0.25) is 0 Å². The smallest absolute Gasteiger partial charge is 0.185 e. The van der Waals surface area contributed by atoms with E-state index in [1.165, 1.54) is 17.8 Å². The number of hydrogen-bond donors (Lipinski definition) is 0. The van der Waals surface area contributed by atoms with Gasteiger partial charge in [-0.15, -0.1) is 11.8 Å². The highest BCUT2D eigenvalue weighted by atomic mass is 32.2. The van der Waals surface area contributed by atoms with Crippen molar-refractivity contribution < 1.29 is 21.4 Å². The molecule has 0 N–H and O–H groups in total. The van der Waals surface area contributed by atoms with E-state index in [0.29, 0.717) is 19.4 Å². The molecule has 1 rings (SSSR count). The van der Waals surface area contributed by atoms with Crippen molar-refractivity contribution in [3.8, 4) is 6.07 Å². The predicted octanol–water partition coefficient (Wildman–Crippen LogP) is 0.654. The summed E-state index contributed by atoms with van der Waals surface area (Å²) in [4.78, 5) is 1.68. The van der Waals surface area contributed by atoms with Crippen molar-refractivity contribution in [2.45, 2.75) is 12.8 Å². The zero-order chi connectivity index (χ0) is 16.8. The zero-order valence-electron chi connectivity index (χ0n) is 12.1. The SMILES string of the molecule is CS(=O)(=O)/C(C#N)=C\C=C1\SCCN1CCCCS(=O)(=O)[O-]. The molecule has 22 heavy (non-hydrogen) atoms. The summed E-state index contributed by atoms with van der Waals surface area (Å²) in [7, 11) is -7.71. The van der Waals surface area contributed by atoms with Crippen molar-refractivity contribution in [1.82, 2.24) is 4.90 Å². The van der Waals surface area contributed by atoms with E-state index < -0.39 is 20.0 Å². The first-order chi connectivity index (χ1) is 10.1. The van der Waals surface area contributed by atoms with Crippen molar-refractivity contribution in [3.05, 3.63) is 22.1 Å². The maximum absolute atomic E-state index is 11.3. The molecular weight excluding hydrogens is 348 g/mol. The van der Waals surface area contributed by atoms with Gasteiger partial charge in [-0.3, -0.25) is 0 Å². The Labute approximate surface area is 135 Å². The lowest BCUT2D eigenvalue weighted by Crippen LogP contribution is -2.20. The third kappa shape index (κ3) is 6.83. The molecule has 0 amide bonds. The van der Waals surface area contributed by atoms with Gasteiger partial charge in [0.2, 0.25) is 0 Å². The third-order valence-electron chi connectivity index (χ3n) is 2.88. The lowest BCUT2D eigenvalue weighted by molar-refractivity contribution is 0.390. The van der Waals surface area contributed by atoms with Crippen LogP contribution in [-0.2, 0) is 20.0 Å². The first kappa shape index (κ1) is 19.0. The van der Waals surface area contributed by atoms with Crippen LogP contribution in [0.4, 0.5) is 0 Å². The van der Waals surface area contributed by atoms with Gasteiger partial charge in [-0.1, -0.05) is 0 Å². The van der Waals surface area contributed by atoms with Crippen LogP contribution in [0, 0.1) is 11.3 Å². The van der Waals surface area contributed by atoms with E-state index in [1.54, 1.807) is 12.1 Å². The minimum atomic E-state index is -4.18. The molecule has 124 valence electrons. The Balaban J connectivity index is 2.65. The monoisotopic (exact) mass is 365 g/mol. The lowest BCUT2D eigenvalue weighted by atomic mass is 10.3. The van der Waals surface area contributed by atoms with Crippen LogP contribution in [-0.4, -0.2) is 57.1 Å². The molecule has 0 saturated carbocycles. The van der Waals surface area contributed by atoms with Crippen LogP contribution < -0.4 is 0 Å². The van der Waals surface area contributed by atoms with Crippen LogP contribution in [0.3, 0.4) is 0 Å². The Morgan fingerprint density at radius 2 is 2.09 bits per heavy atom. The van der Waals surface area contributed by atoms with Gasteiger partial charge >= 0.3 is 0 Å². The highest BCUT2D eigenvalue weighted by Crippen LogP contribution is 2.28. The average molecular weight is 365 g/mol. The second-order valence-corrected chi connectivity index (χ2v) is 9.35. The Kier molecular flexibility index (Phi) is 6.93. The van der Waals surface area contributed by atoms with E-state index >= 15 is 0 Å². The van der Waals surface area contributed by atoms with E-state index in [-0.39, 0.29) is 10.7 Å². The number of unbranched alkanes of at least 4 members (excludes halogenated alkanes) is 1. The van der Waals surface area contributed by atoms with Crippen molar-refractivity contribution >= 4 is 31.7 Å². The number of allylic oxidation sites excluding steroid dienone is 3. The van der Waals surface area contributed by atoms with Gasteiger partial charge in [0.15, 0.2) is 9.84 Å². The molecule has 0 radical (unpaired) electrons. The second-order valence-electron chi connectivity index (χ2n) is 4.72. The van der Waals surface area contributed by atoms with Crippen LogP contribution in [0.25, 0.3) is 0 Å². The molecule has 0 aromatic heterocycles. The quantitative estimate of drug-likeness (QED) is 0.366. The molecule has 0 aliphatic carbocycles. The molecule has 0 unspecified atom stereocenters. The molecule has 1 saturated heterocycles. The summed E-state index contributed by atoms with van der Waals surface area (Å²) in [6.07, 6.45) is 4.69. The van der Waals surface area contributed by atoms with Gasteiger partial charge in [-0.25, -0.2) is 16.8 Å². The summed E-state index contributed by atoms with van der Waals surface area (Å²) in [6, 6.07) is 1.65. The van der Waals surface area contributed by atoms with Crippen molar-refractivity contribution in [3.63, 3.8) is 0 Å². The van der Waals surface area contributed by atoms with Crippen molar-refractivity contribution in [1.29, 1.82) is 5.26 Å². The molecule has 7 nitrogen and oxygen atoms in total. The molecule has 10 heteroatoms. The molecule has 0 aromatic carbocycles. The lowest BCUT2D eigenvalue weighted by Gasteiger charge is -2.18. The summed E-state index contributed by atoms with van der Waals surface area (Å²) < 4.78 is 54.2. The van der Waals surface area contributed by atoms with Crippen molar-refractivity contribution in [2.75, 3.05) is 30.9 Å². The number of nitriles is 1. The maximum Gasteiger partial charge on any atom is 0.185 e.